The molecule has 0 radical (unpaired) electrons. The van der Waals surface area contributed by atoms with Gasteiger partial charge in [0.25, 0.3) is 0 Å². The van der Waals surface area contributed by atoms with Gasteiger partial charge >= 0.3 is 0 Å². The summed E-state index contributed by atoms with van der Waals surface area (Å²) < 4.78 is 27.9. The van der Waals surface area contributed by atoms with Gasteiger partial charge in [-0.25, -0.2) is 8.78 Å². The third-order valence-electron chi connectivity index (χ3n) is 7.72. The first kappa shape index (κ1) is 27.0. The number of aliphatic hydroxyl groups excluding tert-OH is 1. The number of carbonyl (C=O) groups is 1. The normalized spacial score (nSPS) is 16.6. The number of H-pyrrole nitrogens is 1. The average molecular weight is 532 g/mol. The van der Waals surface area contributed by atoms with Crippen molar-refractivity contribution in [3.05, 3.63) is 106 Å². The summed E-state index contributed by atoms with van der Waals surface area (Å²) in [6.07, 6.45) is 5.06. The van der Waals surface area contributed by atoms with Crippen LogP contribution < -0.4 is 10.6 Å². The number of carbonyl (C=O) groups excluding carboxylic acids is 1. The molecule has 5 rings (SSSR count). The van der Waals surface area contributed by atoms with Crippen molar-refractivity contribution >= 4 is 16.8 Å². The highest BCUT2D eigenvalue weighted by molar-refractivity contribution is 5.89. The standard InChI is InChI=1S/C32H35F2N3O2/c1-2-20-10-11-22-6-5-9-29(27(22)14-20)36-19-31(38)30(15-21-12-24(33)17-25(34)13-21)37-32(39)16-23-18-35-28-8-4-3-7-26(23)28/h3-4,7-8,10-14,17-18,29-31,35-36,38H,2,5-6,9,15-16,19H2,1H3,(H,37,39)/t29-,30+,31-/m1/s1. The molecule has 1 aliphatic rings. The summed E-state index contributed by atoms with van der Waals surface area (Å²) >= 11 is 0. The second-order valence-electron chi connectivity index (χ2n) is 10.5. The molecule has 1 aromatic heterocycles. The van der Waals surface area contributed by atoms with Crippen molar-refractivity contribution < 1.29 is 18.7 Å². The summed E-state index contributed by atoms with van der Waals surface area (Å²) in [6, 6.07) is 17.0. The molecule has 0 saturated heterocycles. The van der Waals surface area contributed by atoms with Crippen LogP contribution in [0.15, 0.2) is 66.9 Å². The Morgan fingerprint density at radius 3 is 2.67 bits per heavy atom. The molecule has 0 spiro atoms. The van der Waals surface area contributed by atoms with Gasteiger partial charge < -0.3 is 20.7 Å². The van der Waals surface area contributed by atoms with E-state index in [0.29, 0.717) is 5.56 Å². The van der Waals surface area contributed by atoms with E-state index in [-0.39, 0.29) is 31.3 Å². The van der Waals surface area contributed by atoms with Gasteiger partial charge in [-0.05, 0) is 78.1 Å². The fraction of sp³-hybridized carbons (Fsp3) is 0.344. The molecule has 4 N–H and O–H groups in total. The van der Waals surface area contributed by atoms with Crippen molar-refractivity contribution in [2.24, 2.45) is 0 Å². The van der Waals surface area contributed by atoms with E-state index in [9.17, 15) is 18.7 Å². The van der Waals surface area contributed by atoms with Gasteiger partial charge in [-0.1, -0.05) is 43.3 Å². The average Bonchev–Trinajstić information content (AvgIpc) is 3.33. The van der Waals surface area contributed by atoms with Crippen molar-refractivity contribution in [1.82, 2.24) is 15.6 Å². The molecule has 1 amide bonds. The number of aromatic amines is 1. The van der Waals surface area contributed by atoms with E-state index >= 15 is 0 Å². The van der Waals surface area contributed by atoms with Crippen molar-refractivity contribution in [3.8, 4) is 0 Å². The summed E-state index contributed by atoms with van der Waals surface area (Å²) in [6.45, 7) is 2.37. The highest BCUT2D eigenvalue weighted by atomic mass is 19.1. The first-order chi connectivity index (χ1) is 18.9. The lowest BCUT2D eigenvalue weighted by atomic mass is 9.86. The molecule has 1 heterocycles. The lowest BCUT2D eigenvalue weighted by Gasteiger charge is -2.30. The van der Waals surface area contributed by atoms with Gasteiger partial charge in [-0.15, -0.1) is 0 Å². The highest BCUT2D eigenvalue weighted by Gasteiger charge is 2.26. The molecule has 3 aromatic carbocycles. The van der Waals surface area contributed by atoms with Gasteiger partial charge in [0.2, 0.25) is 5.91 Å². The molecule has 0 unspecified atom stereocenters. The number of rotatable bonds is 10. The molecule has 7 heteroatoms. The molecule has 0 aliphatic heterocycles. The first-order valence-corrected chi connectivity index (χ1v) is 13.7. The zero-order valence-electron chi connectivity index (χ0n) is 22.1. The third-order valence-corrected chi connectivity index (χ3v) is 7.72. The number of aliphatic hydroxyl groups is 1. The number of nitrogens with one attached hydrogen (secondary N) is 3. The van der Waals surface area contributed by atoms with Crippen molar-refractivity contribution in [2.75, 3.05) is 6.54 Å². The maximum absolute atomic E-state index is 13.9. The Labute approximate surface area is 227 Å². The van der Waals surface area contributed by atoms with Crippen LogP contribution in [0.2, 0.25) is 0 Å². The van der Waals surface area contributed by atoms with Crippen LogP contribution in [0.25, 0.3) is 10.9 Å². The smallest absolute Gasteiger partial charge is 0.224 e. The second kappa shape index (κ2) is 12.1. The van der Waals surface area contributed by atoms with Crippen LogP contribution in [-0.4, -0.2) is 34.7 Å². The summed E-state index contributed by atoms with van der Waals surface area (Å²) in [5.41, 5.74) is 6.02. The number of hydrogen-bond donors (Lipinski definition) is 4. The molecule has 39 heavy (non-hydrogen) atoms. The number of benzene rings is 3. The Hall–Kier alpha value is -3.55. The Morgan fingerprint density at radius 1 is 1.08 bits per heavy atom. The van der Waals surface area contributed by atoms with Gasteiger partial charge in [-0.2, -0.15) is 0 Å². The number of hydrogen-bond acceptors (Lipinski definition) is 3. The van der Waals surface area contributed by atoms with Gasteiger partial charge in [0.05, 0.1) is 18.6 Å². The van der Waals surface area contributed by atoms with Crippen LogP contribution in [-0.2, 0) is 30.5 Å². The first-order valence-electron chi connectivity index (χ1n) is 13.7. The van der Waals surface area contributed by atoms with Gasteiger partial charge in [0.15, 0.2) is 0 Å². The maximum Gasteiger partial charge on any atom is 0.224 e. The van der Waals surface area contributed by atoms with Crippen molar-refractivity contribution in [2.45, 2.75) is 63.6 Å². The van der Waals surface area contributed by atoms with Crippen molar-refractivity contribution in [1.29, 1.82) is 0 Å². The Morgan fingerprint density at radius 2 is 1.87 bits per heavy atom. The number of aromatic nitrogens is 1. The molecule has 0 fully saturated rings. The molecule has 0 saturated carbocycles. The predicted molar refractivity (Wildman–Crippen MR) is 150 cm³/mol. The number of halogens is 2. The van der Waals surface area contributed by atoms with Crippen LogP contribution in [0, 0.1) is 11.6 Å². The van der Waals surface area contributed by atoms with Crippen LogP contribution in [0.1, 0.15) is 53.6 Å². The maximum atomic E-state index is 13.9. The fourth-order valence-electron chi connectivity index (χ4n) is 5.66. The van der Waals surface area contributed by atoms with Gasteiger partial charge in [0.1, 0.15) is 11.6 Å². The minimum Gasteiger partial charge on any atom is -0.390 e. The molecular weight excluding hydrogens is 496 g/mol. The summed E-state index contributed by atoms with van der Waals surface area (Å²) in [4.78, 5) is 16.3. The van der Waals surface area contributed by atoms with E-state index in [0.717, 1.165) is 48.2 Å². The zero-order valence-corrected chi connectivity index (χ0v) is 22.1. The largest absolute Gasteiger partial charge is 0.390 e. The molecular formula is C32H35F2N3O2. The van der Waals surface area contributed by atoms with Crippen LogP contribution >= 0.6 is 0 Å². The van der Waals surface area contributed by atoms with Gasteiger partial charge in [0, 0.05) is 35.8 Å². The minimum absolute atomic E-state index is 0.0956. The number of aryl methyl sites for hydroxylation is 2. The molecule has 5 nitrogen and oxygen atoms in total. The SMILES string of the molecule is CCc1ccc2c(c1)[C@H](NC[C@@H](O)[C@H](Cc1cc(F)cc(F)c1)NC(=O)Cc1c[nH]c3ccccc13)CCC2. The molecule has 3 atom stereocenters. The van der Waals surface area contributed by atoms with E-state index in [1.54, 1.807) is 0 Å². The Kier molecular flexibility index (Phi) is 8.38. The molecule has 4 aromatic rings. The second-order valence-corrected chi connectivity index (χ2v) is 10.5. The topological polar surface area (TPSA) is 77.2 Å². The van der Waals surface area contributed by atoms with Crippen LogP contribution in [0.4, 0.5) is 8.78 Å². The quantitative estimate of drug-likeness (QED) is 0.224. The lowest BCUT2D eigenvalue weighted by molar-refractivity contribution is -0.122. The van der Waals surface area contributed by atoms with E-state index in [2.05, 4.69) is 40.7 Å². The third kappa shape index (κ3) is 6.54. The monoisotopic (exact) mass is 531 g/mol. The summed E-state index contributed by atoms with van der Waals surface area (Å²) in [5, 5.41) is 18.7. The molecule has 0 bridgehead atoms. The van der Waals surface area contributed by atoms with Crippen LogP contribution in [0.5, 0.6) is 0 Å². The van der Waals surface area contributed by atoms with Crippen LogP contribution in [0.3, 0.4) is 0 Å². The molecule has 204 valence electrons. The Bertz CT molecular complexity index is 1430. The lowest BCUT2D eigenvalue weighted by Crippen LogP contribution is -2.49. The zero-order chi connectivity index (χ0) is 27.4. The highest BCUT2D eigenvalue weighted by Crippen LogP contribution is 2.31. The number of fused-ring (bicyclic) bond motifs is 2. The fourth-order valence-corrected chi connectivity index (χ4v) is 5.66. The minimum atomic E-state index is -0.969. The Balaban J connectivity index is 1.31. The predicted octanol–water partition coefficient (Wildman–Crippen LogP) is 5.31. The van der Waals surface area contributed by atoms with E-state index < -0.39 is 23.8 Å². The van der Waals surface area contributed by atoms with Gasteiger partial charge in [-0.3, -0.25) is 4.79 Å². The molecule has 1 aliphatic carbocycles. The summed E-state index contributed by atoms with van der Waals surface area (Å²) in [5.74, 6) is -1.64. The number of para-hydroxylation sites is 1. The van der Waals surface area contributed by atoms with E-state index in [1.165, 1.54) is 28.8 Å². The van der Waals surface area contributed by atoms with Crippen molar-refractivity contribution in [3.63, 3.8) is 0 Å². The summed E-state index contributed by atoms with van der Waals surface area (Å²) in [7, 11) is 0. The van der Waals surface area contributed by atoms with E-state index in [1.807, 2.05) is 30.5 Å². The number of amides is 1. The van der Waals surface area contributed by atoms with E-state index in [4.69, 9.17) is 0 Å².